The number of carbonyl (C=O) groups is 4. The number of nitrogens with zero attached hydrogens (tertiary/aromatic N) is 2. The fraction of sp³-hybridized carbons (Fsp3) is 0.615. The lowest BCUT2D eigenvalue weighted by atomic mass is 9.87. The van der Waals surface area contributed by atoms with Gasteiger partial charge < -0.3 is 25.0 Å². The molecule has 2 aliphatic carbocycles. The molecule has 5 aliphatic rings. The number of benzene rings is 1. The highest BCUT2D eigenvalue weighted by atomic mass is 35.5. The van der Waals surface area contributed by atoms with E-state index in [-0.39, 0.29) is 56.9 Å². The van der Waals surface area contributed by atoms with Crippen LogP contribution in [0.3, 0.4) is 0 Å². The van der Waals surface area contributed by atoms with Gasteiger partial charge in [-0.2, -0.15) is 0 Å². The highest BCUT2D eigenvalue weighted by Crippen LogP contribution is 2.50. The van der Waals surface area contributed by atoms with Crippen LogP contribution in [0.25, 0.3) is 10.9 Å². The number of hydrogen-bond donors (Lipinski definition) is 3. The number of alkyl halides is 2. The van der Waals surface area contributed by atoms with Crippen molar-refractivity contribution in [2.75, 3.05) is 13.2 Å². The van der Waals surface area contributed by atoms with E-state index < -0.39 is 79.8 Å². The Morgan fingerprint density at radius 1 is 1.14 bits per heavy atom. The maximum absolute atomic E-state index is 14.7. The second-order valence-electron chi connectivity index (χ2n) is 16.6. The smallest absolute Gasteiger partial charge is 0.407 e. The van der Waals surface area contributed by atoms with E-state index in [1.807, 2.05) is 26.0 Å². The lowest BCUT2D eigenvalue weighted by Gasteiger charge is -2.37. The maximum Gasteiger partial charge on any atom is 0.407 e. The van der Waals surface area contributed by atoms with Crippen LogP contribution in [-0.4, -0.2) is 83.2 Å². The van der Waals surface area contributed by atoms with Gasteiger partial charge in [-0.05, 0) is 82.4 Å². The molecule has 1 aromatic heterocycles. The van der Waals surface area contributed by atoms with Crippen molar-refractivity contribution in [1.82, 2.24) is 25.2 Å². The standard InChI is InChI=1S/C39H48ClF2N5O8S/c1-22(2)20-54-36(51)44-28-10-8-6-4-5-7-9-23-18-39(23,35(50)46-56(52,53)37(3)15-16-37)45-33(48)29-19-38(21-47(29)34(28)49)14-13-25-26-17-24(40)11-12-27(26)43-30(32(41)42)31(25)55-38/h7,9,11-12,17,22-23,28-29,32H,4-6,8,10,13-16,18-21H2,1-3H3,(H,44,51)(H,45,48)(H,46,50)/b9-7-/t23?,28-,29-,38+,39+/m0/s1. The topological polar surface area (TPSA) is 173 Å². The SMILES string of the molecule is CC(C)COC(=O)N[C@H]1CCCCC/C=C\C2C[C@@]2(C(=O)NS(=O)(=O)C2(C)CC2)NC(=O)[C@@H]2C[C@]3(CCc4c(c(C(F)F)nc5ccc(Cl)cc45)O3)CN2C1=O. The highest BCUT2D eigenvalue weighted by molar-refractivity contribution is 7.91. The van der Waals surface area contributed by atoms with Gasteiger partial charge in [0.05, 0.1) is 23.4 Å². The third-order valence-electron chi connectivity index (χ3n) is 11.8. The number of rotatable bonds is 7. The number of amides is 4. The number of ether oxygens (including phenoxy) is 2. The fourth-order valence-corrected chi connectivity index (χ4v) is 9.59. The van der Waals surface area contributed by atoms with Crippen molar-refractivity contribution in [2.24, 2.45) is 11.8 Å². The third kappa shape index (κ3) is 7.79. The summed E-state index contributed by atoms with van der Waals surface area (Å²) in [6.45, 7) is 5.22. The summed E-state index contributed by atoms with van der Waals surface area (Å²) in [5.41, 5.74) is -2.71. The van der Waals surface area contributed by atoms with Crippen LogP contribution in [0.1, 0.15) is 103 Å². The Kier molecular flexibility index (Phi) is 10.8. The Balaban J connectivity index is 1.25. The van der Waals surface area contributed by atoms with Gasteiger partial charge in [0.2, 0.25) is 21.8 Å². The lowest BCUT2D eigenvalue weighted by Crippen LogP contribution is -2.58. The van der Waals surface area contributed by atoms with Crippen molar-refractivity contribution in [2.45, 2.75) is 126 Å². The molecule has 0 bridgehead atoms. The number of carbonyl (C=O) groups excluding carboxylic acids is 4. The first-order valence-corrected chi connectivity index (χ1v) is 21.2. The van der Waals surface area contributed by atoms with Crippen molar-refractivity contribution in [3.05, 3.63) is 46.6 Å². The molecule has 17 heteroatoms. The summed E-state index contributed by atoms with van der Waals surface area (Å²) < 4.78 is 68.6. The zero-order valence-electron chi connectivity index (χ0n) is 31.7. The van der Waals surface area contributed by atoms with Gasteiger partial charge >= 0.3 is 6.09 Å². The first-order chi connectivity index (χ1) is 26.5. The van der Waals surface area contributed by atoms with Gasteiger partial charge in [-0.25, -0.2) is 27.0 Å². The molecule has 1 unspecified atom stereocenters. The van der Waals surface area contributed by atoms with Gasteiger partial charge in [0.1, 0.15) is 28.9 Å². The van der Waals surface area contributed by atoms with Crippen LogP contribution in [0.5, 0.6) is 5.75 Å². The number of nitrogens with one attached hydrogen (secondary N) is 3. The molecule has 1 saturated heterocycles. The van der Waals surface area contributed by atoms with E-state index >= 15 is 0 Å². The summed E-state index contributed by atoms with van der Waals surface area (Å²) in [5.74, 6) is -2.81. The minimum atomic E-state index is -4.05. The van der Waals surface area contributed by atoms with Crippen molar-refractivity contribution in [3.8, 4) is 5.75 Å². The molecule has 3 fully saturated rings. The molecule has 1 aromatic carbocycles. The van der Waals surface area contributed by atoms with E-state index in [4.69, 9.17) is 21.1 Å². The van der Waals surface area contributed by atoms with Crippen molar-refractivity contribution in [1.29, 1.82) is 0 Å². The van der Waals surface area contributed by atoms with Crippen LogP contribution in [0, 0.1) is 11.8 Å². The second kappa shape index (κ2) is 15.0. The first-order valence-electron chi connectivity index (χ1n) is 19.3. The van der Waals surface area contributed by atoms with Crippen LogP contribution in [-0.2, 0) is 35.6 Å². The number of halogens is 3. The average Bonchev–Trinajstić information content (AvgIpc) is 4.03. The van der Waals surface area contributed by atoms with Crippen LogP contribution in [0.4, 0.5) is 13.6 Å². The number of aryl methyl sites for hydroxylation is 1. The number of pyridine rings is 1. The molecule has 13 nitrogen and oxygen atoms in total. The van der Waals surface area contributed by atoms with Crippen LogP contribution < -0.4 is 20.1 Å². The zero-order chi connectivity index (χ0) is 40.2. The Bertz CT molecular complexity index is 2080. The van der Waals surface area contributed by atoms with Gasteiger partial charge in [0.25, 0.3) is 12.3 Å². The molecule has 4 amide bonds. The third-order valence-corrected chi connectivity index (χ3v) is 14.2. The zero-order valence-corrected chi connectivity index (χ0v) is 33.2. The van der Waals surface area contributed by atoms with Crippen molar-refractivity contribution in [3.63, 3.8) is 0 Å². The van der Waals surface area contributed by atoms with Crippen LogP contribution >= 0.6 is 11.6 Å². The summed E-state index contributed by atoms with van der Waals surface area (Å²) in [6, 6.07) is 2.38. The molecule has 4 heterocycles. The van der Waals surface area contributed by atoms with Gasteiger partial charge in [-0.1, -0.05) is 50.4 Å². The quantitative estimate of drug-likeness (QED) is 0.299. The predicted molar refractivity (Wildman–Crippen MR) is 203 cm³/mol. The summed E-state index contributed by atoms with van der Waals surface area (Å²) in [7, 11) is -4.05. The Hall–Kier alpha value is -4.05. The summed E-state index contributed by atoms with van der Waals surface area (Å²) >= 11 is 6.29. The predicted octanol–water partition coefficient (Wildman–Crippen LogP) is 5.64. The molecule has 3 N–H and O–H groups in total. The molecule has 3 aliphatic heterocycles. The van der Waals surface area contributed by atoms with E-state index in [1.165, 1.54) is 4.90 Å². The van der Waals surface area contributed by atoms with E-state index in [2.05, 4.69) is 20.3 Å². The minimum Gasteiger partial charge on any atom is -0.483 e. The van der Waals surface area contributed by atoms with E-state index in [0.29, 0.717) is 53.6 Å². The van der Waals surface area contributed by atoms with Gasteiger partial charge in [0.15, 0.2) is 5.75 Å². The van der Waals surface area contributed by atoms with E-state index in [9.17, 15) is 36.4 Å². The number of aromatic nitrogens is 1. The van der Waals surface area contributed by atoms with Gasteiger partial charge in [-0.15, -0.1) is 0 Å². The second-order valence-corrected chi connectivity index (χ2v) is 19.3. The monoisotopic (exact) mass is 819 g/mol. The minimum absolute atomic E-state index is 0.0361. The van der Waals surface area contributed by atoms with Crippen LogP contribution in [0.15, 0.2) is 30.4 Å². The number of fused-ring (bicyclic) bond motifs is 5. The summed E-state index contributed by atoms with van der Waals surface area (Å²) in [5, 5.41) is 6.47. The molecule has 2 saturated carbocycles. The molecule has 0 radical (unpaired) electrons. The molecule has 5 atom stereocenters. The molecule has 7 rings (SSSR count). The number of alkyl carbamates (subject to hydrolysis) is 1. The number of hydrogen-bond acceptors (Lipinski definition) is 9. The number of allylic oxidation sites excluding steroid dienone is 1. The molecular weight excluding hydrogens is 772 g/mol. The normalized spacial score (nSPS) is 29.3. The van der Waals surface area contributed by atoms with Gasteiger partial charge in [0, 0.05) is 28.3 Å². The van der Waals surface area contributed by atoms with Crippen molar-refractivity contribution < 1.29 is 45.9 Å². The molecule has 2 aromatic rings. The molecular formula is C39H48ClF2N5O8S. The number of sulfonamides is 1. The van der Waals surface area contributed by atoms with Crippen molar-refractivity contribution >= 4 is 56.3 Å². The lowest BCUT2D eigenvalue weighted by molar-refractivity contribution is -0.141. The maximum atomic E-state index is 14.7. The average molecular weight is 820 g/mol. The first kappa shape index (κ1) is 40.2. The fourth-order valence-electron chi connectivity index (χ4n) is 8.10. The largest absolute Gasteiger partial charge is 0.483 e. The summed E-state index contributed by atoms with van der Waals surface area (Å²) in [6.07, 6.45) is 4.05. The highest BCUT2D eigenvalue weighted by Gasteiger charge is 2.64. The molecule has 56 heavy (non-hydrogen) atoms. The van der Waals surface area contributed by atoms with E-state index in [0.717, 1.165) is 6.42 Å². The summed E-state index contributed by atoms with van der Waals surface area (Å²) in [4.78, 5) is 61.6. The molecule has 304 valence electrons. The van der Waals surface area contributed by atoms with E-state index in [1.54, 1.807) is 25.1 Å². The Morgan fingerprint density at radius 3 is 2.62 bits per heavy atom. The van der Waals surface area contributed by atoms with Gasteiger partial charge in [-0.3, -0.25) is 19.1 Å². The molecule has 1 spiro atoms. The van der Waals surface area contributed by atoms with Crippen LogP contribution in [0.2, 0.25) is 5.02 Å². The Labute approximate surface area is 329 Å². The Morgan fingerprint density at radius 2 is 1.91 bits per heavy atom.